The molecule has 0 bridgehead atoms. The van der Waals surface area contributed by atoms with Crippen LogP contribution in [0.15, 0.2) is 12.1 Å². The maximum absolute atomic E-state index is 12.5. The molecule has 11 nitrogen and oxygen atoms in total. The van der Waals surface area contributed by atoms with E-state index in [1.54, 1.807) is 6.92 Å². The molecule has 33 heavy (non-hydrogen) atoms. The number of aryl methyl sites for hydroxylation is 1. The van der Waals surface area contributed by atoms with Gasteiger partial charge in [-0.1, -0.05) is 13.0 Å². The van der Waals surface area contributed by atoms with Gasteiger partial charge >= 0.3 is 13.1 Å². The van der Waals surface area contributed by atoms with E-state index in [-0.39, 0.29) is 67.5 Å². The first-order chi connectivity index (χ1) is 15.4. The third-order valence-corrected chi connectivity index (χ3v) is 5.41. The number of hydrogen-bond acceptors (Lipinski definition) is 9. The number of carboxylic acid groups (broad SMARTS) is 1. The van der Waals surface area contributed by atoms with Crippen molar-refractivity contribution < 1.29 is 44.2 Å². The standard InChI is InChI=1S/C21H29BN2O9/c1-11(7-16(26)15(23)8-12(2)25)20(28)24-9-14(10-24)33-17-4-3-13(5-6-22(31)32)19(27)18(17)21(29)30/h3-4,11,14-15,27,31-32H,5-10,23H2,1-2H3,(H,29,30)/t11?,15-/m1/s1. The summed E-state index contributed by atoms with van der Waals surface area (Å²) in [7, 11) is -1.59. The number of Topliss-reactive ketones (excluding diaryl/α,β-unsaturated/α-hetero) is 2. The average Bonchev–Trinajstić information content (AvgIpc) is 2.67. The van der Waals surface area contributed by atoms with E-state index in [2.05, 4.69) is 0 Å². The van der Waals surface area contributed by atoms with Gasteiger partial charge in [-0.2, -0.15) is 0 Å². The first-order valence-electron chi connectivity index (χ1n) is 10.6. The number of carbonyl (C=O) groups is 4. The number of ether oxygens (including phenoxy) is 1. The number of phenols is 1. The Morgan fingerprint density at radius 2 is 1.85 bits per heavy atom. The monoisotopic (exact) mass is 464 g/mol. The van der Waals surface area contributed by atoms with E-state index in [0.717, 1.165) is 0 Å². The number of nitrogens with two attached hydrogens (primary N) is 1. The number of carboxylic acids is 1. The molecule has 6 N–H and O–H groups in total. The Morgan fingerprint density at radius 1 is 1.21 bits per heavy atom. The van der Waals surface area contributed by atoms with Gasteiger partial charge in [0.15, 0.2) is 5.78 Å². The molecule has 1 heterocycles. The summed E-state index contributed by atoms with van der Waals surface area (Å²) in [5.41, 5.74) is 5.48. The maximum atomic E-state index is 12.5. The Labute approximate surface area is 191 Å². The van der Waals surface area contributed by atoms with E-state index in [1.807, 2.05) is 0 Å². The summed E-state index contributed by atoms with van der Waals surface area (Å²) in [6.45, 7) is 3.28. The lowest BCUT2D eigenvalue weighted by atomic mass is 9.82. The largest absolute Gasteiger partial charge is 0.507 e. The van der Waals surface area contributed by atoms with E-state index in [4.69, 9.17) is 20.5 Å². The molecule has 1 aromatic rings. The van der Waals surface area contributed by atoms with Crippen LogP contribution in [-0.2, 0) is 20.8 Å². The van der Waals surface area contributed by atoms with Gasteiger partial charge in [0.2, 0.25) is 5.91 Å². The van der Waals surface area contributed by atoms with Crippen LogP contribution in [0.25, 0.3) is 0 Å². The van der Waals surface area contributed by atoms with Gasteiger partial charge in [0.05, 0.1) is 19.1 Å². The second-order valence-corrected chi connectivity index (χ2v) is 8.34. The highest BCUT2D eigenvalue weighted by atomic mass is 16.5. The Morgan fingerprint density at radius 3 is 2.39 bits per heavy atom. The third kappa shape index (κ3) is 7.01. The summed E-state index contributed by atoms with van der Waals surface area (Å²) in [5.74, 6) is -3.47. The van der Waals surface area contributed by atoms with Crippen LogP contribution in [0, 0.1) is 5.92 Å². The number of aromatic carboxylic acids is 1. The van der Waals surface area contributed by atoms with Crippen molar-refractivity contribution in [3.8, 4) is 11.5 Å². The number of aromatic hydroxyl groups is 1. The van der Waals surface area contributed by atoms with Gasteiger partial charge in [-0.3, -0.25) is 14.4 Å². The molecule has 2 rings (SSSR count). The predicted octanol–water partition coefficient (Wildman–Crippen LogP) is -0.403. The highest BCUT2D eigenvalue weighted by Crippen LogP contribution is 2.34. The van der Waals surface area contributed by atoms with Gasteiger partial charge in [0, 0.05) is 18.8 Å². The highest BCUT2D eigenvalue weighted by Gasteiger charge is 2.36. The van der Waals surface area contributed by atoms with Crippen LogP contribution in [0.2, 0.25) is 6.32 Å². The molecule has 2 atom stereocenters. The molecular weight excluding hydrogens is 435 g/mol. The van der Waals surface area contributed by atoms with Gasteiger partial charge in [0.25, 0.3) is 0 Å². The van der Waals surface area contributed by atoms with Gasteiger partial charge < -0.3 is 35.6 Å². The van der Waals surface area contributed by atoms with Crippen molar-refractivity contribution >= 4 is 30.6 Å². The number of nitrogens with zero attached hydrogens (tertiary/aromatic N) is 1. The van der Waals surface area contributed by atoms with Crippen LogP contribution in [0.5, 0.6) is 11.5 Å². The summed E-state index contributed by atoms with van der Waals surface area (Å²) >= 11 is 0. The Kier molecular flexibility index (Phi) is 8.97. The zero-order chi connectivity index (χ0) is 24.9. The molecule has 0 saturated carbocycles. The minimum Gasteiger partial charge on any atom is -0.507 e. The molecule has 1 saturated heterocycles. The van der Waals surface area contributed by atoms with Gasteiger partial charge in [0.1, 0.15) is 28.9 Å². The van der Waals surface area contributed by atoms with Crippen LogP contribution >= 0.6 is 0 Å². The van der Waals surface area contributed by atoms with E-state index in [1.165, 1.54) is 24.0 Å². The van der Waals surface area contributed by atoms with E-state index in [0.29, 0.717) is 0 Å². The lowest BCUT2D eigenvalue weighted by molar-refractivity contribution is -0.145. The van der Waals surface area contributed by atoms with Crippen molar-refractivity contribution in [1.82, 2.24) is 4.90 Å². The summed E-state index contributed by atoms with van der Waals surface area (Å²) in [4.78, 5) is 48.8. The van der Waals surface area contributed by atoms with Gasteiger partial charge in [-0.15, -0.1) is 0 Å². The molecule has 1 aliphatic heterocycles. The van der Waals surface area contributed by atoms with E-state index < -0.39 is 42.5 Å². The van der Waals surface area contributed by atoms with Crippen molar-refractivity contribution in [1.29, 1.82) is 0 Å². The summed E-state index contributed by atoms with van der Waals surface area (Å²) < 4.78 is 5.67. The SMILES string of the molecule is CC(=O)C[C@@H](N)C(=O)CC(C)C(=O)N1CC(Oc2ccc(CCB(O)O)c(O)c2C(=O)O)C1. The summed E-state index contributed by atoms with van der Waals surface area (Å²) in [6.07, 6.45) is -0.678. The Balaban J connectivity index is 1.95. The van der Waals surface area contributed by atoms with Crippen molar-refractivity contribution in [2.24, 2.45) is 11.7 Å². The summed E-state index contributed by atoms with van der Waals surface area (Å²) in [6, 6.07) is 1.89. The van der Waals surface area contributed by atoms with Crippen molar-refractivity contribution in [2.45, 2.75) is 51.6 Å². The van der Waals surface area contributed by atoms with Crippen LogP contribution in [0.1, 0.15) is 42.6 Å². The fourth-order valence-electron chi connectivity index (χ4n) is 3.55. The zero-order valence-electron chi connectivity index (χ0n) is 18.6. The zero-order valence-corrected chi connectivity index (χ0v) is 18.6. The number of amides is 1. The molecule has 0 radical (unpaired) electrons. The molecule has 1 aliphatic rings. The fraction of sp³-hybridized carbons (Fsp3) is 0.524. The number of likely N-dealkylation sites (tertiary alicyclic amines) is 1. The highest BCUT2D eigenvalue weighted by molar-refractivity contribution is 6.41. The molecule has 1 amide bonds. The number of carbonyl (C=O) groups excluding carboxylic acids is 3. The molecule has 1 fully saturated rings. The number of rotatable bonds is 12. The molecule has 180 valence electrons. The minimum absolute atomic E-state index is 0.0580. The molecular formula is C21H29BN2O9. The molecule has 0 spiro atoms. The fourth-order valence-corrected chi connectivity index (χ4v) is 3.55. The van der Waals surface area contributed by atoms with Crippen LogP contribution in [0.3, 0.4) is 0 Å². The minimum atomic E-state index is -1.59. The third-order valence-electron chi connectivity index (χ3n) is 5.41. The Bertz CT molecular complexity index is 915. The quantitative estimate of drug-likeness (QED) is 0.255. The van der Waals surface area contributed by atoms with Gasteiger partial charge in [-0.25, -0.2) is 4.79 Å². The van der Waals surface area contributed by atoms with Crippen LogP contribution < -0.4 is 10.5 Å². The summed E-state index contributed by atoms with van der Waals surface area (Å²) in [5, 5.41) is 37.7. The number of benzene rings is 1. The van der Waals surface area contributed by atoms with E-state index in [9.17, 15) is 29.4 Å². The Hall–Kier alpha value is -2.96. The maximum Gasteiger partial charge on any atom is 0.451 e. The molecule has 0 aromatic heterocycles. The number of ketones is 2. The van der Waals surface area contributed by atoms with E-state index >= 15 is 0 Å². The molecule has 12 heteroatoms. The lowest BCUT2D eigenvalue weighted by Gasteiger charge is -2.40. The molecule has 0 aliphatic carbocycles. The second kappa shape index (κ2) is 11.3. The lowest BCUT2D eigenvalue weighted by Crippen LogP contribution is -2.57. The average molecular weight is 464 g/mol. The van der Waals surface area contributed by atoms with Crippen molar-refractivity contribution in [2.75, 3.05) is 13.1 Å². The second-order valence-electron chi connectivity index (χ2n) is 8.34. The topological polar surface area (TPSA) is 188 Å². The van der Waals surface area contributed by atoms with Gasteiger partial charge in [-0.05, 0) is 31.3 Å². The smallest absolute Gasteiger partial charge is 0.451 e. The van der Waals surface area contributed by atoms with Crippen molar-refractivity contribution in [3.63, 3.8) is 0 Å². The molecule has 1 unspecified atom stereocenters. The first kappa shape index (κ1) is 26.3. The van der Waals surface area contributed by atoms with Crippen LogP contribution in [0.4, 0.5) is 0 Å². The molecule has 1 aromatic carbocycles. The van der Waals surface area contributed by atoms with Crippen LogP contribution in [-0.4, -0.2) is 81.0 Å². The predicted molar refractivity (Wildman–Crippen MR) is 117 cm³/mol. The first-order valence-corrected chi connectivity index (χ1v) is 10.6. The normalized spacial score (nSPS) is 15.4. The number of hydrogen-bond donors (Lipinski definition) is 5. The van der Waals surface area contributed by atoms with Crippen molar-refractivity contribution in [3.05, 3.63) is 23.3 Å².